The minimum absolute atomic E-state index is 0.0523. The van der Waals surface area contributed by atoms with Crippen LogP contribution in [0.1, 0.15) is 19.3 Å². The fourth-order valence-corrected chi connectivity index (χ4v) is 2.78. The molecule has 1 N–H and O–H groups in total. The Morgan fingerprint density at radius 3 is 2.06 bits per heavy atom. The van der Waals surface area contributed by atoms with Crippen LogP contribution >= 0.6 is 45.2 Å². The predicted molar refractivity (Wildman–Crippen MR) is 93.0 cm³/mol. The molecule has 18 heavy (non-hydrogen) atoms. The monoisotopic (exact) mass is 479 g/mol. The summed E-state index contributed by atoms with van der Waals surface area (Å²) in [7, 11) is 0. The van der Waals surface area contributed by atoms with Crippen molar-refractivity contribution in [2.24, 2.45) is 0 Å². The molecule has 0 atom stereocenters. The second-order valence-electron chi connectivity index (χ2n) is 4.63. The van der Waals surface area contributed by atoms with Gasteiger partial charge in [0, 0.05) is 59.7 Å². The number of nitrogens with one attached hydrogen (secondary N) is 1. The van der Waals surface area contributed by atoms with Gasteiger partial charge < -0.3 is 15.1 Å². The molecule has 0 bridgehead atoms. The molecule has 1 amide bonds. The first-order valence-corrected chi connectivity index (χ1v) is 9.27. The van der Waals surface area contributed by atoms with Gasteiger partial charge in [-0.2, -0.15) is 0 Å². The van der Waals surface area contributed by atoms with Crippen molar-refractivity contribution in [2.45, 2.75) is 19.3 Å². The van der Waals surface area contributed by atoms with Crippen LogP contribution < -0.4 is 5.32 Å². The van der Waals surface area contributed by atoms with Gasteiger partial charge in [0.1, 0.15) is 0 Å². The van der Waals surface area contributed by atoms with E-state index in [1.165, 1.54) is 56.5 Å². The fraction of sp³-hybridized carbons (Fsp3) is 0.917. The average Bonchev–Trinajstić information content (AvgIpc) is 2.37. The number of hydrogen-bond donors (Lipinski definition) is 1. The first kappa shape index (κ1) is 16.9. The van der Waals surface area contributed by atoms with Crippen LogP contribution in [0, 0.1) is 0 Å². The van der Waals surface area contributed by atoms with Crippen molar-refractivity contribution in [3.8, 4) is 0 Å². The average molecular weight is 479 g/mol. The Kier molecular flexibility index (Phi) is 9.97. The largest absolute Gasteiger partial charge is 0.348 e. The van der Waals surface area contributed by atoms with Gasteiger partial charge in [0.25, 0.3) is 3.91 Å². The number of rotatable bonds is 8. The van der Waals surface area contributed by atoms with Gasteiger partial charge in [-0.05, 0) is 32.4 Å². The summed E-state index contributed by atoms with van der Waals surface area (Å²) in [4.78, 5) is 15.8. The zero-order valence-electron chi connectivity index (χ0n) is 10.8. The van der Waals surface area contributed by atoms with E-state index in [1.54, 1.807) is 22.6 Å². The Hall–Kier alpha value is 0.850. The van der Waals surface area contributed by atoms with Crippen molar-refractivity contribution in [3.63, 3.8) is 0 Å². The van der Waals surface area contributed by atoms with Gasteiger partial charge in [-0.1, -0.05) is 22.6 Å². The highest BCUT2D eigenvalue weighted by molar-refractivity contribution is 14.1. The highest BCUT2D eigenvalue weighted by atomic mass is 127. The molecule has 1 aliphatic heterocycles. The molecule has 1 heterocycles. The van der Waals surface area contributed by atoms with Crippen LogP contribution in [0.15, 0.2) is 0 Å². The highest BCUT2D eigenvalue weighted by Crippen LogP contribution is 2.04. The lowest BCUT2D eigenvalue weighted by molar-refractivity contribution is 0.131. The van der Waals surface area contributed by atoms with Crippen molar-refractivity contribution in [2.75, 3.05) is 50.2 Å². The highest BCUT2D eigenvalue weighted by Gasteiger charge is 2.15. The summed E-state index contributed by atoms with van der Waals surface area (Å²) in [5.74, 6) is 0. The van der Waals surface area contributed by atoms with Crippen LogP contribution in [0.5, 0.6) is 0 Å². The number of alkyl halides is 1. The zero-order chi connectivity index (χ0) is 13.2. The lowest BCUT2D eigenvalue weighted by Gasteiger charge is -2.34. The number of carbonyl (C=O) groups excluding carboxylic acids is 1. The molecular weight excluding hydrogens is 456 g/mol. The SMILES string of the molecule is O=C(I)NCCCCN1CCN(CCCI)CC1. The predicted octanol–water partition coefficient (Wildman–Crippen LogP) is 2.35. The van der Waals surface area contributed by atoms with Crippen molar-refractivity contribution in [3.05, 3.63) is 0 Å². The minimum atomic E-state index is 0.0523. The molecule has 0 aliphatic carbocycles. The number of halogens is 2. The van der Waals surface area contributed by atoms with E-state index in [9.17, 15) is 4.79 Å². The Balaban J connectivity index is 1.97. The molecule has 0 radical (unpaired) electrons. The maximum atomic E-state index is 10.7. The van der Waals surface area contributed by atoms with E-state index in [-0.39, 0.29) is 3.91 Å². The molecule has 0 unspecified atom stereocenters. The van der Waals surface area contributed by atoms with E-state index in [1.807, 2.05) is 0 Å². The third-order valence-corrected chi connectivity index (χ3v) is 4.38. The number of piperazine rings is 1. The molecule has 4 nitrogen and oxygen atoms in total. The van der Waals surface area contributed by atoms with E-state index < -0.39 is 0 Å². The molecule has 1 rings (SSSR count). The summed E-state index contributed by atoms with van der Waals surface area (Å²) in [6.45, 7) is 8.12. The molecule has 1 fully saturated rings. The van der Waals surface area contributed by atoms with E-state index in [4.69, 9.17) is 0 Å². The summed E-state index contributed by atoms with van der Waals surface area (Å²) in [6, 6.07) is 0. The summed E-state index contributed by atoms with van der Waals surface area (Å²) >= 11 is 4.23. The fourth-order valence-electron chi connectivity index (χ4n) is 2.17. The van der Waals surface area contributed by atoms with Crippen molar-refractivity contribution in [1.29, 1.82) is 0 Å². The molecule has 1 saturated heterocycles. The lowest BCUT2D eigenvalue weighted by Crippen LogP contribution is -2.46. The van der Waals surface area contributed by atoms with Gasteiger partial charge in [-0.15, -0.1) is 0 Å². The number of carbonyl (C=O) groups is 1. The van der Waals surface area contributed by atoms with Crippen molar-refractivity contribution >= 4 is 49.1 Å². The molecule has 0 aromatic heterocycles. The molecule has 6 heteroatoms. The number of amides is 1. The smallest absolute Gasteiger partial charge is 0.280 e. The summed E-state index contributed by atoms with van der Waals surface area (Å²) in [6.07, 6.45) is 3.59. The standard InChI is InChI=1S/C12H23I2N3O/c13-4-3-7-17-10-8-16(9-11-17)6-2-1-5-15-12(14)18/h1-11H2,(H,15,18). The third kappa shape index (κ3) is 8.11. The van der Waals surface area contributed by atoms with Gasteiger partial charge in [-0.25, -0.2) is 0 Å². The van der Waals surface area contributed by atoms with Crippen LogP contribution in [-0.4, -0.2) is 64.0 Å². The van der Waals surface area contributed by atoms with Crippen LogP contribution in [0.4, 0.5) is 4.79 Å². The van der Waals surface area contributed by atoms with Crippen LogP contribution in [0.25, 0.3) is 0 Å². The summed E-state index contributed by atoms with van der Waals surface area (Å²) in [5, 5.41) is 2.83. The second kappa shape index (κ2) is 10.6. The number of hydrogen-bond acceptors (Lipinski definition) is 3. The van der Waals surface area contributed by atoms with Gasteiger partial charge in [-0.3, -0.25) is 4.79 Å². The zero-order valence-corrected chi connectivity index (χ0v) is 15.2. The molecule has 0 spiro atoms. The molecule has 0 aromatic rings. The Labute approximate surface area is 138 Å². The van der Waals surface area contributed by atoms with Crippen LogP contribution in [0.3, 0.4) is 0 Å². The third-order valence-electron chi connectivity index (χ3n) is 3.24. The Morgan fingerprint density at radius 2 is 1.56 bits per heavy atom. The maximum absolute atomic E-state index is 10.7. The molecule has 106 valence electrons. The van der Waals surface area contributed by atoms with E-state index in [0.29, 0.717) is 0 Å². The van der Waals surface area contributed by atoms with E-state index in [2.05, 4.69) is 37.7 Å². The summed E-state index contributed by atoms with van der Waals surface area (Å²) < 4.78 is 1.32. The first-order valence-electron chi connectivity index (χ1n) is 6.66. The number of unbranched alkanes of at least 4 members (excludes halogenated alkanes) is 1. The van der Waals surface area contributed by atoms with Gasteiger partial charge in [0.2, 0.25) is 0 Å². The van der Waals surface area contributed by atoms with Crippen molar-refractivity contribution < 1.29 is 4.79 Å². The summed E-state index contributed by atoms with van der Waals surface area (Å²) in [5.41, 5.74) is 0. The Morgan fingerprint density at radius 1 is 1.00 bits per heavy atom. The minimum Gasteiger partial charge on any atom is -0.348 e. The molecule has 1 aliphatic rings. The van der Waals surface area contributed by atoms with E-state index in [0.717, 1.165) is 13.0 Å². The van der Waals surface area contributed by atoms with Gasteiger partial charge >= 0.3 is 0 Å². The van der Waals surface area contributed by atoms with Gasteiger partial charge in [0.05, 0.1) is 0 Å². The van der Waals surface area contributed by atoms with Crippen LogP contribution in [-0.2, 0) is 0 Å². The first-order chi connectivity index (χ1) is 8.72. The Bertz CT molecular complexity index is 233. The molecule has 0 aromatic carbocycles. The van der Waals surface area contributed by atoms with Crippen molar-refractivity contribution in [1.82, 2.24) is 15.1 Å². The lowest BCUT2D eigenvalue weighted by atomic mass is 10.2. The molecular formula is C12H23I2N3O. The number of nitrogens with zero attached hydrogens (tertiary/aromatic N) is 2. The second-order valence-corrected chi connectivity index (χ2v) is 6.69. The quantitative estimate of drug-likeness (QED) is 0.191. The van der Waals surface area contributed by atoms with E-state index >= 15 is 0 Å². The molecule has 0 saturated carbocycles. The normalized spacial score (nSPS) is 17.9. The van der Waals surface area contributed by atoms with Gasteiger partial charge in [0.15, 0.2) is 0 Å². The topological polar surface area (TPSA) is 35.6 Å². The van der Waals surface area contributed by atoms with Crippen LogP contribution in [0.2, 0.25) is 0 Å². The maximum Gasteiger partial charge on any atom is 0.280 e.